The van der Waals surface area contributed by atoms with Crippen LogP contribution in [-0.4, -0.2) is 28.6 Å². The monoisotopic (exact) mass is 300 g/mol. The number of carbonyl (C=O) groups excluding carboxylic acids is 2. The predicted molar refractivity (Wildman–Crippen MR) is 84.8 cm³/mol. The molecular weight excluding hydrogens is 280 g/mol. The summed E-state index contributed by atoms with van der Waals surface area (Å²) >= 11 is 0. The van der Waals surface area contributed by atoms with E-state index >= 15 is 0 Å². The van der Waals surface area contributed by atoms with Crippen LogP contribution in [0.1, 0.15) is 27.3 Å². The highest BCUT2D eigenvalue weighted by Gasteiger charge is 2.14. The summed E-state index contributed by atoms with van der Waals surface area (Å²) in [6.45, 7) is 3.83. The van der Waals surface area contributed by atoms with Crippen LogP contribution in [0.15, 0.2) is 24.3 Å². The van der Waals surface area contributed by atoms with Gasteiger partial charge in [0.25, 0.3) is 5.91 Å². The Morgan fingerprint density at radius 3 is 2.59 bits per heavy atom. The lowest BCUT2D eigenvalue weighted by Crippen LogP contribution is -2.19. The fourth-order valence-electron chi connectivity index (χ4n) is 2.32. The second-order valence-corrected chi connectivity index (χ2v) is 5.16. The molecule has 0 radical (unpaired) electrons. The summed E-state index contributed by atoms with van der Waals surface area (Å²) < 4.78 is 1.77. The van der Waals surface area contributed by atoms with Gasteiger partial charge in [-0.15, -0.1) is 0 Å². The van der Waals surface area contributed by atoms with Crippen molar-refractivity contribution in [3.63, 3.8) is 0 Å². The summed E-state index contributed by atoms with van der Waals surface area (Å²) in [5, 5.41) is 9.68. The van der Waals surface area contributed by atoms with Gasteiger partial charge in [-0.3, -0.25) is 14.3 Å². The molecule has 2 rings (SSSR count). The van der Waals surface area contributed by atoms with Gasteiger partial charge in [-0.2, -0.15) is 5.10 Å². The van der Waals surface area contributed by atoms with E-state index in [2.05, 4.69) is 15.7 Å². The van der Waals surface area contributed by atoms with Gasteiger partial charge in [-0.25, -0.2) is 0 Å². The Hall–Kier alpha value is -2.63. The van der Waals surface area contributed by atoms with Crippen molar-refractivity contribution in [2.75, 3.05) is 12.4 Å². The zero-order valence-corrected chi connectivity index (χ0v) is 13.2. The van der Waals surface area contributed by atoms with E-state index in [4.69, 9.17) is 0 Å². The molecule has 6 nitrogen and oxygen atoms in total. The van der Waals surface area contributed by atoms with Crippen molar-refractivity contribution in [2.24, 2.45) is 7.05 Å². The maximum atomic E-state index is 12.2. The van der Waals surface area contributed by atoms with Gasteiger partial charge < -0.3 is 10.6 Å². The van der Waals surface area contributed by atoms with E-state index in [0.29, 0.717) is 11.3 Å². The van der Waals surface area contributed by atoms with E-state index in [1.807, 2.05) is 20.9 Å². The Balaban J connectivity index is 2.11. The summed E-state index contributed by atoms with van der Waals surface area (Å²) in [5.41, 5.74) is 3.88. The van der Waals surface area contributed by atoms with Crippen LogP contribution in [0.4, 0.5) is 5.69 Å². The highest BCUT2D eigenvalue weighted by molar-refractivity contribution is 5.97. The van der Waals surface area contributed by atoms with Gasteiger partial charge >= 0.3 is 0 Å². The van der Waals surface area contributed by atoms with Gasteiger partial charge in [0.15, 0.2) is 0 Å². The van der Waals surface area contributed by atoms with Crippen molar-refractivity contribution in [3.8, 4) is 0 Å². The zero-order valence-electron chi connectivity index (χ0n) is 13.2. The maximum Gasteiger partial charge on any atom is 0.251 e. The van der Waals surface area contributed by atoms with Crippen molar-refractivity contribution in [2.45, 2.75) is 20.3 Å². The number of anilines is 1. The molecule has 116 valence electrons. The van der Waals surface area contributed by atoms with Crippen LogP contribution in [0.5, 0.6) is 0 Å². The van der Waals surface area contributed by atoms with Crippen molar-refractivity contribution in [3.05, 3.63) is 46.8 Å². The second-order valence-electron chi connectivity index (χ2n) is 5.16. The molecule has 1 aromatic carbocycles. The SMILES string of the molecule is CNC(=O)c1cccc(NC(=O)Cc2c(C)nn(C)c2C)c1. The van der Waals surface area contributed by atoms with Crippen LogP contribution >= 0.6 is 0 Å². The topological polar surface area (TPSA) is 76.0 Å². The number of aryl methyl sites for hydroxylation is 2. The highest BCUT2D eigenvalue weighted by atomic mass is 16.2. The number of carbonyl (C=O) groups is 2. The third kappa shape index (κ3) is 3.33. The van der Waals surface area contributed by atoms with Gasteiger partial charge in [-0.1, -0.05) is 6.07 Å². The molecule has 2 amide bonds. The molecule has 0 bridgehead atoms. The number of nitrogens with one attached hydrogen (secondary N) is 2. The second kappa shape index (κ2) is 6.43. The molecule has 22 heavy (non-hydrogen) atoms. The minimum atomic E-state index is -0.185. The number of amides is 2. The molecule has 2 N–H and O–H groups in total. The Morgan fingerprint density at radius 2 is 2.00 bits per heavy atom. The minimum absolute atomic E-state index is 0.131. The zero-order chi connectivity index (χ0) is 16.3. The first-order chi connectivity index (χ1) is 10.4. The fourth-order valence-corrected chi connectivity index (χ4v) is 2.32. The maximum absolute atomic E-state index is 12.2. The van der Waals surface area contributed by atoms with Gasteiger partial charge in [0.2, 0.25) is 5.91 Å². The van der Waals surface area contributed by atoms with E-state index in [-0.39, 0.29) is 18.2 Å². The molecule has 0 unspecified atom stereocenters. The Morgan fingerprint density at radius 1 is 1.27 bits per heavy atom. The van der Waals surface area contributed by atoms with Gasteiger partial charge in [0.1, 0.15) is 0 Å². The molecule has 1 heterocycles. The predicted octanol–water partition coefficient (Wildman–Crippen LogP) is 1.58. The average Bonchev–Trinajstić information content (AvgIpc) is 2.73. The van der Waals surface area contributed by atoms with E-state index < -0.39 is 0 Å². The molecule has 0 aliphatic rings. The number of aromatic nitrogens is 2. The van der Waals surface area contributed by atoms with Crippen LogP contribution in [0.25, 0.3) is 0 Å². The Bertz CT molecular complexity index is 719. The number of benzene rings is 1. The van der Waals surface area contributed by atoms with Crippen LogP contribution in [0, 0.1) is 13.8 Å². The lowest BCUT2D eigenvalue weighted by molar-refractivity contribution is -0.115. The summed E-state index contributed by atoms with van der Waals surface area (Å²) in [4.78, 5) is 23.8. The van der Waals surface area contributed by atoms with Gasteiger partial charge in [0, 0.05) is 36.6 Å². The number of hydrogen-bond donors (Lipinski definition) is 2. The molecule has 1 aromatic heterocycles. The summed E-state index contributed by atoms with van der Waals surface area (Å²) in [7, 11) is 3.43. The van der Waals surface area contributed by atoms with Crippen molar-refractivity contribution in [1.82, 2.24) is 15.1 Å². The first kappa shape index (κ1) is 15.8. The molecule has 6 heteroatoms. The quantitative estimate of drug-likeness (QED) is 0.900. The van der Waals surface area contributed by atoms with Crippen LogP contribution in [0.2, 0.25) is 0 Å². The molecule has 0 spiro atoms. The third-order valence-corrected chi connectivity index (χ3v) is 3.63. The van der Waals surface area contributed by atoms with Crippen molar-refractivity contribution in [1.29, 1.82) is 0 Å². The van der Waals surface area contributed by atoms with Crippen LogP contribution in [0.3, 0.4) is 0 Å². The fraction of sp³-hybridized carbons (Fsp3) is 0.312. The normalized spacial score (nSPS) is 10.4. The Kier molecular flexibility index (Phi) is 4.60. The standard InChI is InChI=1S/C16H20N4O2/c1-10-14(11(2)20(4)19-10)9-15(21)18-13-7-5-6-12(8-13)16(22)17-3/h5-8H,9H2,1-4H3,(H,17,22)(H,18,21). The van der Waals surface area contributed by atoms with E-state index in [1.165, 1.54) is 0 Å². The number of hydrogen-bond acceptors (Lipinski definition) is 3. The lowest BCUT2D eigenvalue weighted by Gasteiger charge is -2.07. The minimum Gasteiger partial charge on any atom is -0.355 e. The van der Waals surface area contributed by atoms with Gasteiger partial charge in [-0.05, 0) is 32.0 Å². The largest absolute Gasteiger partial charge is 0.355 e. The third-order valence-electron chi connectivity index (χ3n) is 3.63. The molecule has 2 aromatic rings. The van der Waals surface area contributed by atoms with Gasteiger partial charge in [0.05, 0.1) is 12.1 Å². The smallest absolute Gasteiger partial charge is 0.251 e. The van der Waals surface area contributed by atoms with E-state index in [9.17, 15) is 9.59 Å². The molecular formula is C16H20N4O2. The number of nitrogens with zero attached hydrogens (tertiary/aromatic N) is 2. The van der Waals surface area contributed by atoms with Crippen molar-refractivity contribution < 1.29 is 9.59 Å². The molecule has 0 atom stereocenters. The molecule has 0 aliphatic carbocycles. The molecule has 0 saturated carbocycles. The van der Waals surface area contributed by atoms with E-state index in [1.54, 1.807) is 36.0 Å². The first-order valence-electron chi connectivity index (χ1n) is 7.03. The summed E-state index contributed by atoms with van der Waals surface area (Å²) in [5.74, 6) is -0.316. The summed E-state index contributed by atoms with van der Waals surface area (Å²) in [6.07, 6.45) is 0.260. The molecule has 0 aliphatic heterocycles. The lowest BCUT2D eigenvalue weighted by atomic mass is 10.1. The Labute approximate surface area is 129 Å². The molecule has 0 fully saturated rings. The first-order valence-corrected chi connectivity index (χ1v) is 7.03. The summed E-state index contributed by atoms with van der Waals surface area (Å²) in [6, 6.07) is 6.84. The number of rotatable bonds is 4. The highest BCUT2D eigenvalue weighted by Crippen LogP contribution is 2.15. The van der Waals surface area contributed by atoms with E-state index in [0.717, 1.165) is 17.0 Å². The molecule has 0 saturated heterocycles. The van der Waals surface area contributed by atoms with Crippen LogP contribution < -0.4 is 10.6 Å². The van der Waals surface area contributed by atoms with Crippen LogP contribution in [-0.2, 0) is 18.3 Å². The van der Waals surface area contributed by atoms with Crippen molar-refractivity contribution >= 4 is 17.5 Å². The average molecular weight is 300 g/mol.